The highest BCUT2D eigenvalue weighted by molar-refractivity contribution is 5.87. The van der Waals surface area contributed by atoms with Gasteiger partial charge in [0, 0.05) is 0 Å². The number of hydrogen-bond acceptors (Lipinski definition) is 4. The first-order chi connectivity index (χ1) is 8.08. The Kier molecular flexibility index (Phi) is 2.57. The molecule has 2 N–H and O–H groups in total. The fourth-order valence-electron chi connectivity index (χ4n) is 1.24. The number of nitrogens with zero attached hydrogens (tertiary/aromatic N) is 3. The van der Waals surface area contributed by atoms with Crippen molar-refractivity contribution in [1.29, 1.82) is 0 Å². The van der Waals surface area contributed by atoms with E-state index < -0.39 is 11.9 Å². The van der Waals surface area contributed by atoms with Gasteiger partial charge in [0.05, 0.1) is 17.4 Å². The van der Waals surface area contributed by atoms with E-state index in [9.17, 15) is 9.59 Å². The molecule has 2 rings (SSSR count). The van der Waals surface area contributed by atoms with Gasteiger partial charge in [-0.3, -0.25) is 0 Å². The van der Waals surface area contributed by atoms with Crippen LogP contribution in [0, 0.1) is 0 Å². The first-order valence-electron chi connectivity index (χ1n) is 4.57. The topological polar surface area (TPSA) is 105 Å². The normalized spacial score (nSPS) is 10.1. The average Bonchev–Trinajstić information content (AvgIpc) is 2.78. The molecule has 0 unspecified atom stereocenters. The van der Waals surface area contributed by atoms with Gasteiger partial charge in [0.2, 0.25) is 0 Å². The lowest BCUT2D eigenvalue weighted by Gasteiger charge is -1.99. The number of carbonyl (C=O) groups is 2. The van der Waals surface area contributed by atoms with Crippen LogP contribution >= 0.6 is 0 Å². The predicted molar refractivity (Wildman–Crippen MR) is 55.3 cm³/mol. The van der Waals surface area contributed by atoms with E-state index in [0.29, 0.717) is 5.69 Å². The number of aromatic carboxylic acids is 2. The van der Waals surface area contributed by atoms with Crippen molar-refractivity contribution >= 4 is 11.9 Å². The summed E-state index contributed by atoms with van der Waals surface area (Å²) in [7, 11) is 0. The van der Waals surface area contributed by atoms with Gasteiger partial charge in [-0.05, 0) is 24.3 Å². The number of carboxylic acid groups (broad SMARTS) is 2. The summed E-state index contributed by atoms with van der Waals surface area (Å²) in [4.78, 5) is 21.2. The highest BCUT2D eigenvalue weighted by Crippen LogP contribution is 2.09. The van der Waals surface area contributed by atoms with Crippen LogP contribution in [-0.2, 0) is 0 Å². The van der Waals surface area contributed by atoms with Crippen molar-refractivity contribution in [2.24, 2.45) is 0 Å². The molecule has 0 spiro atoms. The van der Waals surface area contributed by atoms with Gasteiger partial charge < -0.3 is 10.2 Å². The minimum atomic E-state index is -1.17. The van der Waals surface area contributed by atoms with Crippen LogP contribution in [0.15, 0.2) is 30.5 Å². The number of rotatable bonds is 3. The first kappa shape index (κ1) is 10.8. The molecule has 86 valence electrons. The summed E-state index contributed by atoms with van der Waals surface area (Å²) < 4.78 is 1.26. The highest BCUT2D eigenvalue weighted by Gasteiger charge is 2.09. The Balaban J connectivity index is 2.33. The molecule has 1 aromatic heterocycles. The van der Waals surface area contributed by atoms with Crippen LogP contribution in [0.5, 0.6) is 0 Å². The third-order valence-corrected chi connectivity index (χ3v) is 2.09. The van der Waals surface area contributed by atoms with Crippen LogP contribution in [0.1, 0.15) is 20.8 Å². The number of benzene rings is 1. The van der Waals surface area contributed by atoms with E-state index in [1.54, 1.807) is 0 Å². The SMILES string of the molecule is O=C(O)c1ccc(-n2cc(C(=O)O)nn2)cc1. The van der Waals surface area contributed by atoms with Crippen LogP contribution in [0.2, 0.25) is 0 Å². The van der Waals surface area contributed by atoms with E-state index in [0.717, 1.165) is 0 Å². The van der Waals surface area contributed by atoms with Crippen LogP contribution in [0.25, 0.3) is 5.69 Å². The fraction of sp³-hybridized carbons (Fsp3) is 0. The van der Waals surface area contributed by atoms with E-state index in [-0.39, 0.29) is 11.3 Å². The second-order valence-corrected chi connectivity index (χ2v) is 3.21. The Morgan fingerprint density at radius 2 is 1.71 bits per heavy atom. The van der Waals surface area contributed by atoms with E-state index in [2.05, 4.69) is 10.3 Å². The molecule has 1 aromatic carbocycles. The maximum Gasteiger partial charge on any atom is 0.358 e. The zero-order valence-electron chi connectivity index (χ0n) is 8.44. The molecule has 7 heteroatoms. The van der Waals surface area contributed by atoms with E-state index in [4.69, 9.17) is 10.2 Å². The maximum absolute atomic E-state index is 10.6. The molecule has 0 saturated carbocycles. The molecule has 0 atom stereocenters. The van der Waals surface area contributed by atoms with E-state index in [1.807, 2.05) is 0 Å². The van der Waals surface area contributed by atoms with Crippen molar-refractivity contribution < 1.29 is 19.8 Å². The summed E-state index contributed by atoms with van der Waals surface area (Å²) in [5.41, 5.74) is 0.509. The molecule has 1 heterocycles. The van der Waals surface area contributed by atoms with Gasteiger partial charge in [0.25, 0.3) is 0 Å². The molecule has 2 aromatic rings. The van der Waals surface area contributed by atoms with Crippen molar-refractivity contribution in [3.05, 3.63) is 41.7 Å². The zero-order valence-corrected chi connectivity index (χ0v) is 8.44. The second-order valence-electron chi connectivity index (χ2n) is 3.21. The smallest absolute Gasteiger partial charge is 0.358 e. The van der Waals surface area contributed by atoms with Crippen molar-refractivity contribution in [3.63, 3.8) is 0 Å². The van der Waals surface area contributed by atoms with Crippen molar-refractivity contribution in [3.8, 4) is 5.69 Å². The summed E-state index contributed by atoms with van der Waals surface area (Å²) in [6.45, 7) is 0. The standard InChI is InChI=1S/C10H7N3O4/c14-9(15)6-1-3-7(4-2-6)13-5-8(10(16)17)11-12-13/h1-5H,(H,14,15)(H,16,17). The summed E-state index contributed by atoms with van der Waals surface area (Å²) in [5.74, 6) is -2.19. The Morgan fingerprint density at radius 3 is 2.18 bits per heavy atom. The monoisotopic (exact) mass is 233 g/mol. The Bertz CT molecular complexity index is 573. The quantitative estimate of drug-likeness (QED) is 0.806. The lowest BCUT2D eigenvalue weighted by molar-refractivity contribution is 0.0682. The van der Waals surface area contributed by atoms with Crippen molar-refractivity contribution in [1.82, 2.24) is 15.0 Å². The molecular formula is C10H7N3O4. The third-order valence-electron chi connectivity index (χ3n) is 2.09. The van der Waals surface area contributed by atoms with Gasteiger partial charge in [-0.2, -0.15) is 0 Å². The Morgan fingerprint density at radius 1 is 1.06 bits per heavy atom. The molecule has 0 saturated heterocycles. The number of carboxylic acids is 2. The molecule has 0 radical (unpaired) electrons. The Hall–Kier alpha value is -2.70. The summed E-state index contributed by atoms with van der Waals surface area (Å²) in [6.07, 6.45) is 1.25. The number of hydrogen-bond donors (Lipinski definition) is 2. The summed E-state index contributed by atoms with van der Waals surface area (Å²) in [6, 6.07) is 5.84. The first-order valence-corrected chi connectivity index (χ1v) is 4.57. The molecule has 0 bridgehead atoms. The average molecular weight is 233 g/mol. The molecular weight excluding hydrogens is 226 g/mol. The lowest BCUT2D eigenvalue weighted by atomic mass is 10.2. The minimum Gasteiger partial charge on any atom is -0.478 e. The van der Waals surface area contributed by atoms with Gasteiger partial charge in [-0.1, -0.05) is 5.21 Å². The van der Waals surface area contributed by atoms with Crippen molar-refractivity contribution in [2.75, 3.05) is 0 Å². The second kappa shape index (κ2) is 4.05. The zero-order chi connectivity index (χ0) is 12.4. The van der Waals surface area contributed by atoms with Crippen molar-refractivity contribution in [2.45, 2.75) is 0 Å². The lowest BCUT2D eigenvalue weighted by Crippen LogP contribution is -1.99. The molecule has 0 aliphatic rings. The number of aromatic nitrogens is 3. The summed E-state index contributed by atoms with van der Waals surface area (Å²) in [5, 5.41) is 24.4. The highest BCUT2D eigenvalue weighted by atomic mass is 16.4. The van der Waals surface area contributed by atoms with Crippen LogP contribution in [0.3, 0.4) is 0 Å². The van der Waals surface area contributed by atoms with Gasteiger partial charge in [0.15, 0.2) is 5.69 Å². The van der Waals surface area contributed by atoms with E-state index in [1.165, 1.54) is 35.1 Å². The largest absolute Gasteiger partial charge is 0.478 e. The van der Waals surface area contributed by atoms with Gasteiger partial charge >= 0.3 is 11.9 Å². The molecule has 7 nitrogen and oxygen atoms in total. The summed E-state index contributed by atoms with van der Waals surface area (Å²) >= 11 is 0. The van der Waals surface area contributed by atoms with Gasteiger partial charge in [-0.15, -0.1) is 5.10 Å². The van der Waals surface area contributed by atoms with Crippen LogP contribution < -0.4 is 0 Å². The molecule has 0 fully saturated rings. The molecule has 17 heavy (non-hydrogen) atoms. The predicted octanol–water partition coefficient (Wildman–Crippen LogP) is 0.664. The van der Waals surface area contributed by atoms with Crippen LogP contribution in [-0.4, -0.2) is 37.1 Å². The Labute approximate surface area is 94.9 Å². The molecule has 0 aliphatic carbocycles. The van der Waals surface area contributed by atoms with Crippen LogP contribution in [0.4, 0.5) is 0 Å². The van der Waals surface area contributed by atoms with Gasteiger partial charge in [0.1, 0.15) is 0 Å². The maximum atomic E-state index is 10.6. The van der Waals surface area contributed by atoms with E-state index >= 15 is 0 Å². The third kappa shape index (κ3) is 2.12. The molecule has 0 amide bonds. The fourth-order valence-corrected chi connectivity index (χ4v) is 1.24. The molecule has 0 aliphatic heterocycles. The van der Waals surface area contributed by atoms with Gasteiger partial charge in [-0.25, -0.2) is 14.3 Å². The minimum absolute atomic E-state index is 0.146.